The number of benzene rings is 3. The maximum Gasteiger partial charge on any atom is 0.300 e. The van der Waals surface area contributed by atoms with E-state index in [1.54, 1.807) is 54.6 Å². The molecule has 5 rings (SSSR count). The van der Waals surface area contributed by atoms with Gasteiger partial charge in [0.05, 0.1) is 23.5 Å². The van der Waals surface area contributed by atoms with E-state index in [2.05, 4.69) is 0 Å². The minimum Gasteiger partial charge on any atom is -0.507 e. The molecule has 1 N–H and O–H groups in total. The molecule has 1 aliphatic heterocycles. The number of aliphatic hydroxyl groups excluding tert-OH is 1. The third-order valence-electron chi connectivity index (χ3n) is 6.22. The summed E-state index contributed by atoms with van der Waals surface area (Å²) >= 11 is 0. The van der Waals surface area contributed by atoms with Crippen molar-refractivity contribution in [3.8, 4) is 11.8 Å². The molecule has 3 aromatic carbocycles. The Balaban J connectivity index is 1.52. The van der Waals surface area contributed by atoms with Crippen LogP contribution < -0.4 is 9.64 Å². The number of Topliss-reactive ketones (excluding diaryl/α,β-unsaturated/α-hetero) is 1. The molecule has 1 fully saturated rings. The van der Waals surface area contributed by atoms with Gasteiger partial charge in [-0.15, -0.1) is 0 Å². The maximum atomic E-state index is 13.2. The molecule has 0 bridgehead atoms. The topological polar surface area (TPSA) is 104 Å². The van der Waals surface area contributed by atoms with E-state index < -0.39 is 17.7 Å². The number of hydrogen-bond donors (Lipinski definition) is 1. The number of anilines is 1. The molecule has 1 aromatic heterocycles. The number of nitrogens with zero attached hydrogens (tertiary/aromatic N) is 2. The summed E-state index contributed by atoms with van der Waals surface area (Å²) in [4.78, 5) is 27.6. The van der Waals surface area contributed by atoms with E-state index >= 15 is 0 Å². The van der Waals surface area contributed by atoms with Crippen LogP contribution in [0.1, 0.15) is 34.1 Å². The molecule has 0 aliphatic carbocycles. The highest BCUT2D eigenvalue weighted by molar-refractivity contribution is 6.51. The Bertz CT molecular complexity index is 1530. The number of nitriles is 1. The molecule has 1 unspecified atom stereocenters. The van der Waals surface area contributed by atoms with Gasteiger partial charge >= 0.3 is 0 Å². The van der Waals surface area contributed by atoms with Gasteiger partial charge in [0.2, 0.25) is 0 Å². The van der Waals surface area contributed by atoms with Gasteiger partial charge in [-0.25, -0.2) is 0 Å². The second kappa shape index (κ2) is 9.88. The van der Waals surface area contributed by atoms with Gasteiger partial charge in [0, 0.05) is 11.3 Å². The van der Waals surface area contributed by atoms with E-state index in [-0.39, 0.29) is 11.3 Å². The van der Waals surface area contributed by atoms with Crippen molar-refractivity contribution in [2.75, 3.05) is 4.90 Å². The summed E-state index contributed by atoms with van der Waals surface area (Å²) in [7, 11) is 0. The van der Waals surface area contributed by atoms with Crippen LogP contribution in [0.4, 0.5) is 5.69 Å². The fourth-order valence-electron chi connectivity index (χ4n) is 4.36. The molecule has 1 amide bonds. The molecule has 182 valence electrons. The third kappa shape index (κ3) is 4.48. The average Bonchev–Trinajstić information content (AvgIpc) is 3.55. The van der Waals surface area contributed by atoms with Crippen LogP contribution in [0.2, 0.25) is 0 Å². The van der Waals surface area contributed by atoms with Crippen molar-refractivity contribution >= 4 is 23.1 Å². The van der Waals surface area contributed by atoms with Gasteiger partial charge in [0.1, 0.15) is 29.9 Å². The molecule has 7 nitrogen and oxygen atoms in total. The van der Waals surface area contributed by atoms with Crippen molar-refractivity contribution in [1.29, 1.82) is 5.26 Å². The Kier molecular flexibility index (Phi) is 6.31. The summed E-state index contributed by atoms with van der Waals surface area (Å²) in [6, 6.07) is 25.5. The van der Waals surface area contributed by atoms with Gasteiger partial charge in [-0.1, -0.05) is 30.3 Å². The Labute approximate surface area is 213 Å². The van der Waals surface area contributed by atoms with Crippen LogP contribution in [0, 0.1) is 18.3 Å². The summed E-state index contributed by atoms with van der Waals surface area (Å²) in [5.74, 6) is -0.975. The highest BCUT2D eigenvalue weighted by Crippen LogP contribution is 2.42. The van der Waals surface area contributed by atoms with Crippen LogP contribution in [-0.4, -0.2) is 16.8 Å². The molecule has 37 heavy (non-hydrogen) atoms. The highest BCUT2D eigenvalue weighted by atomic mass is 16.5. The van der Waals surface area contributed by atoms with Crippen molar-refractivity contribution in [2.45, 2.75) is 19.6 Å². The van der Waals surface area contributed by atoms with Crippen LogP contribution in [-0.2, 0) is 16.2 Å². The van der Waals surface area contributed by atoms with Gasteiger partial charge in [0.25, 0.3) is 11.7 Å². The number of carbonyl (C=O) groups is 2. The van der Waals surface area contributed by atoms with Crippen LogP contribution >= 0.6 is 0 Å². The first-order valence-electron chi connectivity index (χ1n) is 11.6. The lowest BCUT2D eigenvalue weighted by molar-refractivity contribution is -0.132. The normalized spacial score (nSPS) is 16.5. The Morgan fingerprint density at radius 3 is 2.43 bits per heavy atom. The summed E-state index contributed by atoms with van der Waals surface area (Å²) in [5.41, 5.74) is 2.90. The quantitative estimate of drug-likeness (QED) is 0.212. The second-order valence-corrected chi connectivity index (χ2v) is 8.60. The predicted octanol–water partition coefficient (Wildman–Crippen LogP) is 5.67. The second-order valence-electron chi connectivity index (χ2n) is 8.60. The standard InChI is InChI=1S/C30H22N2O5/c1-19-16-22(11-14-24(19)37-18-21-6-3-2-4-7-21)28(33)26-27(25-8-5-15-36-25)32(30(35)29(26)34)23-12-9-20(17-31)10-13-23/h2-16,27,33H,18H2,1H3/b28-26-. The van der Waals surface area contributed by atoms with E-state index in [4.69, 9.17) is 14.4 Å². The molecular weight excluding hydrogens is 468 g/mol. The Morgan fingerprint density at radius 1 is 1.03 bits per heavy atom. The van der Waals surface area contributed by atoms with Crippen LogP contribution in [0.25, 0.3) is 5.76 Å². The molecule has 0 spiro atoms. The minimum absolute atomic E-state index is 0.0818. The van der Waals surface area contributed by atoms with E-state index in [0.29, 0.717) is 34.9 Å². The smallest absolute Gasteiger partial charge is 0.300 e. The van der Waals surface area contributed by atoms with Crippen molar-refractivity contribution in [3.05, 3.63) is 125 Å². The van der Waals surface area contributed by atoms with Crippen molar-refractivity contribution in [1.82, 2.24) is 0 Å². The van der Waals surface area contributed by atoms with E-state index in [1.807, 2.05) is 43.3 Å². The zero-order valence-electron chi connectivity index (χ0n) is 19.9. The molecule has 4 aromatic rings. The molecule has 2 heterocycles. The number of aryl methyl sites for hydroxylation is 1. The third-order valence-corrected chi connectivity index (χ3v) is 6.22. The molecule has 0 radical (unpaired) electrons. The average molecular weight is 491 g/mol. The first-order chi connectivity index (χ1) is 18.0. The summed E-state index contributed by atoms with van der Waals surface area (Å²) < 4.78 is 11.5. The molecule has 1 saturated heterocycles. The zero-order valence-corrected chi connectivity index (χ0v) is 19.9. The van der Waals surface area contributed by atoms with Gasteiger partial charge in [-0.3, -0.25) is 14.5 Å². The largest absolute Gasteiger partial charge is 0.507 e. The number of aliphatic hydroxyl groups is 1. The first kappa shape index (κ1) is 23.6. The van der Waals surface area contributed by atoms with Gasteiger partial charge < -0.3 is 14.3 Å². The van der Waals surface area contributed by atoms with E-state index in [1.165, 1.54) is 11.2 Å². The Morgan fingerprint density at radius 2 is 1.78 bits per heavy atom. The maximum absolute atomic E-state index is 13.2. The predicted molar refractivity (Wildman–Crippen MR) is 137 cm³/mol. The van der Waals surface area contributed by atoms with Crippen molar-refractivity contribution < 1.29 is 23.8 Å². The summed E-state index contributed by atoms with van der Waals surface area (Å²) in [5, 5.41) is 20.4. The number of ketones is 1. The number of carbonyl (C=O) groups excluding carboxylic acids is 2. The van der Waals surface area contributed by atoms with Crippen LogP contribution in [0.5, 0.6) is 5.75 Å². The SMILES string of the molecule is Cc1cc(/C(O)=C2/C(=O)C(=O)N(c3ccc(C#N)cc3)C2c2ccco2)ccc1OCc1ccccc1. The van der Waals surface area contributed by atoms with Crippen molar-refractivity contribution in [2.24, 2.45) is 0 Å². The molecule has 0 saturated carbocycles. The summed E-state index contributed by atoms with van der Waals surface area (Å²) in [6.45, 7) is 2.23. The molecule has 1 atom stereocenters. The van der Waals surface area contributed by atoms with Gasteiger partial charge in [-0.05, 0) is 72.6 Å². The number of ether oxygens (including phenoxy) is 1. The van der Waals surface area contributed by atoms with Crippen LogP contribution in [0.15, 0.2) is 101 Å². The number of amides is 1. The number of rotatable bonds is 6. The lowest BCUT2D eigenvalue weighted by Crippen LogP contribution is -2.29. The first-order valence-corrected chi connectivity index (χ1v) is 11.6. The Hall–Kier alpha value is -5.09. The summed E-state index contributed by atoms with van der Waals surface area (Å²) in [6.07, 6.45) is 1.44. The van der Waals surface area contributed by atoms with Gasteiger partial charge in [0.15, 0.2) is 0 Å². The van der Waals surface area contributed by atoms with E-state index in [0.717, 1.165) is 11.1 Å². The van der Waals surface area contributed by atoms with Crippen molar-refractivity contribution in [3.63, 3.8) is 0 Å². The monoisotopic (exact) mass is 490 g/mol. The zero-order chi connectivity index (χ0) is 25.9. The lowest BCUT2D eigenvalue weighted by Gasteiger charge is -2.23. The molecular formula is C30H22N2O5. The minimum atomic E-state index is -0.975. The molecule has 7 heteroatoms. The lowest BCUT2D eigenvalue weighted by atomic mass is 9.98. The van der Waals surface area contributed by atoms with E-state index in [9.17, 15) is 14.7 Å². The van der Waals surface area contributed by atoms with Gasteiger partial charge in [-0.2, -0.15) is 5.26 Å². The number of furan rings is 1. The number of hydrogen-bond acceptors (Lipinski definition) is 6. The van der Waals surface area contributed by atoms with Crippen LogP contribution in [0.3, 0.4) is 0 Å². The molecule has 1 aliphatic rings. The fourth-order valence-corrected chi connectivity index (χ4v) is 4.36. The highest BCUT2D eigenvalue weighted by Gasteiger charge is 2.48. The fraction of sp³-hybridized carbons (Fsp3) is 0.100.